The second-order valence-electron chi connectivity index (χ2n) is 6.68. The summed E-state index contributed by atoms with van der Waals surface area (Å²) in [6, 6.07) is 7.56. The molecule has 1 amide bonds. The largest absolute Gasteiger partial charge is 0.493 e. The molecule has 2 aromatic rings. The Morgan fingerprint density at radius 1 is 1.10 bits per heavy atom. The molecule has 0 unspecified atom stereocenters. The fourth-order valence-corrected chi connectivity index (χ4v) is 4.45. The van der Waals surface area contributed by atoms with E-state index in [1.807, 2.05) is 6.92 Å². The molecule has 2 aromatic carbocycles. The number of halogens is 2. The highest BCUT2D eigenvalue weighted by Gasteiger charge is 2.28. The average Bonchev–Trinajstić information content (AvgIpc) is 2.76. The van der Waals surface area contributed by atoms with Gasteiger partial charge in [0.2, 0.25) is 5.91 Å². The number of hydrogen-bond acceptors (Lipinski definition) is 5. The van der Waals surface area contributed by atoms with Gasteiger partial charge in [-0.1, -0.05) is 31.4 Å². The van der Waals surface area contributed by atoms with Crippen molar-refractivity contribution in [1.82, 2.24) is 5.32 Å². The maximum Gasteiger partial charge on any atom is 0.264 e. The van der Waals surface area contributed by atoms with Gasteiger partial charge in [-0.2, -0.15) is 0 Å². The van der Waals surface area contributed by atoms with E-state index in [1.54, 1.807) is 0 Å². The number of unbranched alkanes of at least 4 members (excludes halogenated alkanes) is 2. The first-order valence-electron chi connectivity index (χ1n) is 9.71. The third-order valence-electron chi connectivity index (χ3n) is 4.52. The van der Waals surface area contributed by atoms with E-state index in [4.69, 9.17) is 21.1 Å². The first-order valence-corrected chi connectivity index (χ1v) is 11.5. The van der Waals surface area contributed by atoms with Gasteiger partial charge in [-0.05, 0) is 36.8 Å². The van der Waals surface area contributed by atoms with Crippen molar-refractivity contribution < 1.29 is 27.1 Å². The predicted octanol–water partition coefficient (Wildman–Crippen LogP) is 4.00. The van der Waals surface area contributed by atoms with Crippen LogP contribution in [0.4, 0.5) is 10.1 Å². The zero-order chi connectivity index (χ0) is 23.0. The van der Waals surface area contributed by atoms with Crippen molar-refractivity contribution in [3.05, 3.63) is 47.2 Å². The summed E-state index contributed by atoms with van der Waals surface area (Å²) in [6.45, 7) is 1.98. The third-order valence-corrected chi connectivity index (χ3v) is 6.58. The molecular weight excluding hydrogens is 447 g/mol. The van der Waals surface area contributed by atoms with E-state index in [0.717, 1.165) is 29.6 Å². The number of hydrogen-bond donors (Lipinski definition) is 1. The number of carbonyl (C=O) groups is 1. The Hall–Kier alpha value is -2.52. The molecule has 0 heterocycles. The molecule has 0 atom stereocenters. The molecule has 0 saturated heterocycles. The number of rotatable bonds is 11. The van der Waals surface area contributed by atoms with Crippen LogP contribution >= 0.6 is 11.6 Å². The van der Waals surface area contributed by atoms with E-state index in [9.17, 15) is 17.6 Å². The van der Waals surface area contributed by atoms with Crippen LogP contribution in [0.25, 0.3) is 0 Å². The Balaban J connectivity index is 2.43. The molecule has 1 N–H and O–H groups in total. The van der Waals surface area contributed by atoms with Crippen LogP contribution < -0.4 is 19.1 Å². The molecular formula is C21H26ClFN2O5S. The number of methoxy groups -OCH3 is 2. The number of carbonyl (C=O) groups excluding carboxylic acids is 1. The molecule has 0 aliphatic heterocycles. The summed E-state index contributed by atoms with van der Waals surface area (Å²) in [6.07, 6.45) is 2.72. The third kappa shape index (κ3) is 6.24. The van der Waals surface area contributed by atoms with Crippen molar-refractivity contribution in [2.24, 2.45) is 0 Å². The van der Waals surface area contributed by atoms with Gasteiger partial charge in [0, 0.05) is 12.6 Å². The van der Waals surface area contributed by atoms with Crippen LogP contribution in [-0.4, -0.2) is 41.6 Å². The second-order valence-corrected chi connectivity index (χ2v) is 8.95. The summed E-state index contributed by atoms with van der Waals surface area (Å²) in [4.78, 5) is 12.4. The number of nitrogens with zero attached hydrogens (tertiary/aromatic N) is 1. The van der Waals surface area contributed by atoms with Crippen LogP contribution in [0.5, 0.6) is 11.5 Å². The smallest absolute Gasteiger partial charge is 0.264 e. The summed E-state index contributed by atoms with van der Waals surface area (Å²) in [5.41, 5.74) is 0.0601. The lowest BCUT2D eigenvalue weighted by Crippen LogP contribution is -2.41. The molecule has 7 nitrogen and oxygen atoms in total. The van der Waals surface area contributed by atoms with Crippen LogP contribution in [0.1, 0.15) is 26.2 Å². The van der Waals surface area contributed by atoms with Crippen molar-refractivity contribution in [1.29, 1.82) is 0 Å². The molecule has 0 aliphatic carbocycles. The van der Waals surface area contributed by atoms with Crippen molar-refractivity contribution in [2.75, 3.05) is 31.6 Å². The minimum absolute atomic E-state index is 0.0601. The van der Waals surface area contributed by atoms with Gasteiger partial charge in [0.25, 0.3) is 10.0 Å². The van der Waals surface area contributed by atoms with E-state index < -0.39 is 28.3 Å². The lowest BCUT2D eigenvalue weighted by Gasteiger charge is -2.24. The number of ether oxygens (including phenoxy) is 2. The Kier molecular flexibility index (Phi) is 8.94. The molecule has 31 heavy (non-hydrogen) atoms. The molecule has 0 bridgehead atoms. The summed E-state index contributed by atoms with van der Waals surface area (Å²) in [7, 11) is -1.40. The van der Waals surface area contributed by atoms with Gasteiger partial charge in [0.05, 0.1) is 29.8 Å². The molecule has 170 valence electrons. The Bertz CT molecular complexity index is 1020. The van der Waals surface area contributed by atoms with E-state index in [-0.39, 0.29) is 21.4 Å². The van der Waals surface area contributed by atoms with Gasteiger partial charge in [-0.3, -0.25) is 9.10 Å². The number of nitrogens with one attached hydrogen (secondary N) is 1. The molecule has 2 rings (SSSR count). The zero-order valence-corrected chi connectivity index (χ0v) is 19.2. The summed E-state index contributed by atoms with van der Waals surface area (Å²) >= 11 is 5.86. The van der Waals surface area contributed by atoms with Gasteiger partial charge >= 0.3 is 0 Å². The van der Waals surface area contributed by atoms with Crippen molar-refractivity contribution in [3.63, 3.8) is 0 Å². The average molecular weight is 473 g/mol. The van der Waals surface area contributed by atoms with Gasteiger partial charge in [0.15, 0.2) is 11.5 Å². The molecule has 0 aromatic heterocycles. The monoisotopic (exact) mass is 472 g/mol. The highest BCUT2D eigenvalue weighted by atomic mass is 35.5. The van der Waals surface area contributed by atoms with E-state index in [2.05, 4.69) is 5.32 Å². The summed E-state index contributed by atoms with van der Waals surface area (Å²) in [5, 5.41) is 2.46. The maximum atomic E-state index is 13.7. The lowest BCUT2D eigenvalue weighted by atomic mass is 10.2. The molecule has 10 heteroatoms. The van der Waals surface area contributed by atoms with Crippen LogP contribution in [0.15, 0.2) is 41.3 Å². The second kappa shape index (κ2) is 11.2. The quantitative estimate of drug-likeness (QED) is 0.500. The fraction of sp³-hybridized carbons (Fsp3) is 0.381. The van der Waals surface area contributed by atoms with Gasteiger partial charge < -0.3 is 14.8 Å². The summed E-state index contributed by atoms with van der Waals surface area (Å²) in [5.74, 6) is -0.616. The first-order chi connectivity index (χ1) is 14.7. The van der Waals surface area contributed by atoms with Gasteiger partial charge in [-0.15, -0.1) is 0 Å². The predicted molar refractivity (Wildman–Crippen MR) is 118 cm³/mol. The molecule has 0 radical (unpaired) electrons. The molecule has 0 spiro atoms. The molecule has 0 saturated carbocycles. The lowest BCUT2D eigenvalue weighted by molar-refractivity contribution is -0.119. The van der Waals surface area contributed by atoms with Crippen LogP contribution in [0.2, 0.25) is 5.02 Å². The normalized spacial score (nSPS) is 11.1. The zero-order valence-electron chi connectivity index (χ0n) is 17.7. The van der Waals surface area contributed by atoms with Gasteiger partial charge in [0.1, 0.15) is 12.4 Å². The number of anilines is 1. The Labute approximate surface area is 187 Å². The highest BCUT2D eigenvalue weighted by molar-refractivity contribution is 7.92. The van der Waals surface area contributed by atoms with Crippen LogP contribution in [0.3, 0.4) is 0 Å². The van der Waals surface area contributed by atoms with Crippen molar-refractivity contribution in [2.45, 2.75) is 31.1 Å². The molecule has 0 aliphatic rings. The highest BCUT2D eigenvalue weighted by Crippen LogP contribution is 2.33. The van der Waals surface area contributed by atoms with E-state index in [0.29, 0.717) is 12.3 Å². The summed E-state index contributed by atoms with van der Waals surface area (Å²) < 4.78 is 51.7. The number of amides is 1. The minimum Gasteiger partial charge on any atom is -0.493 e. The molecule has 0 fully saturated rings. The Morgan fingerprint density at radius 2 is 1.81 bits per heavy atom. The number of benzene rings is 2. The first kappa shape index (κ1) is 24.7. The van der Waals surface area contributed by atoms with Crippen LogP contribution in [-0.2, 0) is 14.8 Å². The van der Waals surface area contributed by atoms with Crippen molar-refractivity contribution >= 4 is 33.2 Å². The fourth-order valence-electron chi connectivity index (χ4n) is 2.85. The van der Waals surface area contributed by atoms with E-state index >= 15 is 0 Å². The standard InChI is InChI=1S/C21H26ClFN2O5S/c1-4-5-6-11-24-21(26)14-25(15-7-9-18(23)17(22)12-15)31(27,28)16-8-10-19(29-2)20(13-16)30-3/h7-10,12-13H,4-6,11,14H2,1-3H3,(H,24,26). The SMILES string of the molecule is CCCCCNC(=O)CN(c1ccc(F)c(Cl)c1)S(=O)(=O)c1ccc(OC)c(OC)c1. The van der Waals surface area contributed by atoms with Gasteiger partial charge in [-0.25, -0.2) is 12.8 Å². The van der Waals surface area contributed by atoms with E-state index in [1.165, 1.54) is 44.6 Å². The van der Waals surface area contributed by atoms with Crippen molar-refractivity contribution in [3.8, 4) is 11.5 Å². The minimum atomic E-state index is -4.22. The van der Waals surface area contributed by atoms with Crippen LogP contribution in [0, 0.1) is 5.82 Å². The topological polar surface area (TPSA) is 84.9 Å². The maximum absolute atomic E-state index is 13.7. The Morgan fingerprint density at radius 3 is 2.42 bits per heavy atom. The number of sulfonamides is 1.